The van der Waals surface area contributed by atoms with Crippen LogP contribution in [0.1, 0.15) is 34.0 Å². The van der Waals surface area contributed by atoms with E-state index in [1.54, 1.807) is 21.0 Å². The second kappa shape index (κ2) is 12.1. The van der Waals surface area contributed by atoms with Gasteiger partial charge in [-0.05, 0) is 30.7 Å². The van der Waals surface area contributed by atoms with Crippen molar-refractivity contribution in [3.8, 4) is 0 Å². The Kier molecular flexibility index (Phi) is 10.3. The van der Waals surface area contributed by atoms with E-state index in [1.807, 2.05) is 0 Å². The molecule has 1 aromatic carbocycles. The molecule has 0 aliphatic heterocycles. The zero-order valence-electron chi connectivity index (χ0n) is 19.5. The lowest BCUT2D eigenvalue weighted by atomic mass is 9.99. The lowest BCUT2D eigenvalue weighted by molar-refractivity contribution is -0.143. The van der Waals surface area contributed by atoms with Crippen LogP contribution in [0.3, 0.4) is 0 Å². The van der Waals surface area contributed by atoms with E-state index in [2.05, 4.69) is 20.0 Å². The fourth-order valence-electron chi connectivity index (χ4n) is 2.93. The molecular weight excluding hydrogens is 522 g/mol. The lowest BCUT2D eigenvalue weighted by Gasteiger charge is -2.21. The maximum absolute atomic E-state index is 13.2. The van der Waals surface area contributed by atoms with Crippen molar-refractivity contribution < 1.29 is 45.4 Å². The number of hydrogen-bond acceptors (Lipinski definition) is 8. The van der Waals surface area contributed by atoms with Gasteiger partial charge >= 0.3 is 24.3 Å². The summed E-state index contributed by atoms with van der Waals surface area (Å²) in [7, 11) is 4.16. The molecule has 1 N–H and O–H groups in total. The van der Waals surface area contributed by atoms with Gasteiger partial charge in [0, 0.05) is 26.7 Å². The summed E-state index contributed by atoms with van der Waals surface area (Å²) < 4.78 is 89.0. The number of nitrogens with zero attached hydrogens (tertiary/aromatic N) is 3. The molecule has 0 saturated carbocycles. The Morgan fingerprint density at radius 2 is 1.61 bits per heavy atom. The molecule has 1 unspecified atom stereocenters. The Balaban J connectivity index is 0.00000648. The van der Waals surface area contributed by atoms with Crippen LogP contribution in [-0.2, 0) is 33.0 Å². The summed E-state index contributed by atoms with van der Waals surface area (Å²) in [5.41, 5.74) is -3.72. The van der Waals surface area contributed by atoms with Gasteiger partial charge in [-0.25, -0.2) is 14.6 Å². The number of halogens is 7. The average Bonchev–Trinajstić information content (AvgIpc) is 2.76. The van der Waals surface area contributed by atoms with E-state index < -0.39 is 53.4 Å². The molecule has 0 spiro atoms. The van der Waals surface area contributed by atoms with Crippen LogP contribution in [0.15, 0.2) is 24.4 Å². The van der Waals surface area contributed by atoms with E-state index in [9.17, 15) is 35.9 Å². The maximum Gasteiger partial charge on any atom is 0.416 e. The minimum atomic E-state index is -5.06. The first-order valence-corrected chi connectivity index (χ1v) is 10.0. The Morgan fingerprint density at radius 1 is 1.06 bits per heavy atom. The van der Waals surface area contributed by atoms with Crippen LogP contribution in [0, 0.1) is 0 Å². The van der Waals surface area contributed by atoms with Crippen LogP contribution in [0.2, 0.25) is 0 Å². The predicted molar refractivity (Wildman–Crippen MR) is 119 cm³/mol. The number of rotatable bonds is 8. The number of carbonyl (C=O) groups excluding carboxylic acids is 2. The van der Waals surface area contributed by atoms with Gasteiger partial charge in [0.2, 0.25) is 5.95 Å². The number of aromatic nitrogens is 2. The monoisotopic (exact) mass is 544 g/mol. The normalized spacial score (nSPS) is 12.3. The van der Waals surface area contributed by atoms with Gasteiger partial charge in [0.1, 0.15) is 17.4 Å². The molecule has 200 valence electrons. The number of methoxy groups -OCH3 is 1. The number of carbonyl (C=O) groups is 2. The van der Waals surface area contributed by atoms with Crippen molar-refractivity contribution in [2.45, 2.75) is 31.7 Å². The molecule has 0 radical (unpaired) electrons. The van der Waals surface area contributed by atoms with Gasteiger partial charge in [-0.2, -0.15) is 31.3 Å². The molecule has 36 heavy (non-hydrogen) atoms. The highest BCUT2D eigenvalue weighted by molar-refractivity contribution is 5.95. The summed E-state index contributed by atoms with van der Waals surface area (Å²) in [6, 6.07) is -0.520. The van der Waals surface area contributed by atoms with Crippen molar-refractivity contribution in [1.29, 1.82) is 0 Å². The average molecular weight is 545 g/mol. The SMILES string of the molecule is CCOC(=O)c1cnc(N(C)C)nc1NC(Cc1cc(C(F)(F)F)cc(C(F)(F)F)c1)C(=O)OC.Cl. The summed E-state index contributed by atoms with van der Waals surface area (Å²) >= 11 is 0. The minimum Gasteiger partial charge on any atom is -0.467 e. The quantitative estimate of drug-likeness (QED) is 0.387. The number of esters is 2. The highest BCUT2D eigenvalue weighted by Crippen LogP contribution is 2.36. The zero-order valence-corrected chi connectivity index (χ0v) is 20.3. The van der Waals surface area contributed by atoms with Crippen molar-refractivity contribution in [1.82, 2.24) is 9.97 Å². The molecule has 2 rings (SSSR count). The van der Waals surface area contributed by atoms with Gasteiger partial charge in [-0.1, -0.05) is 0 Å². The predicted octanol–water partition coefficient (Wildman–Crippen LogP) is 4.37. The number of benzene rings is 1. The number of anilines is 2. The van der Waals surface area contributed by atoms with Gasteiger partial charge in [0.15, 0.2) is 0 Å². The van der Waals surface area contributed by atoms with Crippen LogP contribution in [0.4, 0.5) is 38.1 Å². The van der Waals surface area contributed by atoms with Crippen molar-refractivity contribution in [2.24, 2.45) is 0 Å². The molecule has 0 aliphatic carbocycles. The molecule has 15 heteroatoms. The highest BCUT2D eigenvalue weighted by Gasteiger charge is 2.37. The van der Waals surface area contributed by atoms with Crippen LogP contribution in [0.5, 0.6) is 0 Å². The Morgan fingerprint density at radius 3 is 2.06 bits per heavy atom. The largest absolute Gasteiger partial charge is 0.467 e. The standard InChI is InChI=1S/C21H22F6N4O4.ClH/c1-5-35-17(32)14-10-28-19(31(2)3)30-16(14)29-15(18(33)34-4)8-11-6-12(20(22,23)24)9-13(7-11)21(25,26)27;/h6-7,9-10,15H,5,8H2,1-4H3,(H,28,29,30);1H. The van der Waals surface area contributed by atoms with E-state index in [0.29, 0.717) is 12.1 Å². The first-order valence-electron chi connectivity index (χ1n) is 10.0. The third kappa shape index (κ3) is 7.86. The third-order valence-corrected chi connectivity index (χ3v) is 4.56. The molecule has 0 bridgehead atoms. The molecule has 1 aromatic heterocycles. The second-order valence-corrected chi connectivity index (χ2v) is 7.39. The van der Waals surface area contributed by atoms with E-state index >= 15 is 0 Å². The Bertz CT molecular complexity index is 1050. The summed E-state index contributed by atoms with van der Waals surface area (Å²) in [6.45, 7) is 1.54. The fourth-order valence-corrected chi connectivity index (χ4v) is 2.93. The number of alkyl halides is 6. The topological polar surface area (TPSA) is 93.6 Å². The van der Waals surface area contributed by atoms with Crippen LogP contribution in [-0.4, -0.2) is 55.8 Å². The first kappa shape index (κ1) is 30.7. The number of ether oxygens (including phenoxy) is 2. The third-order valence-electron chi connectivity index (χ3n) is 4.56. The van der Waals surface area contributed by atoms with E-state index in [4.69, 9.17) is 4.74 Å². The van der Waals surface area contributed by atoms with Gasteiger partial charge in [0.25, 0.3) is 0 Å². The lowest BCUT2D eigenvalue weighted by Crippen LogP contribution is -2.34. The molecule has 2 aromatic rings. The molecule has 0 aliphatic rings. The Labute approximate surface area is 208 Å². The zero-order chi connectivity index (χ0) is 26.6. The molecule has 8 nitrogen and oxygen atoms in total. The second-order valence-electron chi connectivity index (χ2n) is 7.39. The number of nitrogens with one attached hydrogen (secondary N) is 1. The number of hydrogen-bond donors (Lipinski definition) is 1. The van der Waals surface area contributed by atoms with Gasteiger partial charge in [-0.15, -0.1) is 12.4 Å². The van der Waals surface area contributed by atoms with E-state index in [-0.39, 0.29) is 42.4 Å². The van der Waals surface area contributed by atoms with Crippen LogP contribution < -0.4 is 10.2 Å². The van der Waals surface area contributed by atoms with Gasteiger partial charge in [-0.3, -0.25) is 0 Å². The molecule has 0 amide bonds. The van der Waals surface area contributed by atoms with Crippen molar-refractivity contribution in [3.05, 3.63) is 46.6 Å². The fraction of sp³-hybridized carbons (Fsp3) is 0.429. The summed E-state index contributed by atoms with van der Waals surface area (Å²) in [4.78, 5) is 34.3. The molecule has 0 fully saturated rings. The van der Waals surface area contributed by atoms with Crippen LogP contribution in [0.25, 0.3) is 0 Å². The van der Waals surface area contributed by atoms with Crippen molar-refractivity contribution in [3.63, 3.8) is 0 Å². The van der Waals surface area contributed by atoms with Crippen molar-refractivity contribution >= 4 is 36.1 Å². The summed E-state index contributed by atoms with van der Waals surface area (Å²) in [6.07, 6.45) is -9.66. The van der Waals surface area contributed by atoms with Gasteiger partial charge < -0.3 is 19.7 Å². The molecular formula is C21H23ClF6N4O4. The summed E-state index contributed by atoms with van der Waals surface area (Å²) in [5.74, 6) is -2.00. The van der Waals surface area contributed by atoms with Crippen LogP contribution >= 0.6 is 12.4 Å². The summed E-state index contributed by atoms with van der Waals surface area (Å²) in [5, 5.41) is 2.58. The Hall–Kier alpha value is -3.29. The van der Waals surface area contributed by atoms with Crippen molar-refractivity contribution in [2.75, 3.05) is 38.0 Å². The first-order chi connectivity index (χ1) is 16.2. The molecule has 1 heterocycles. The smallest absolute Gasteiger partial charge is 0.416 e. The highest BCUT2D eigenvalue weighted by atomic mass is 35.5. The minimum absolute atomic E-state index is 0. The van der Waals surface area contributed by atoms with E-state index in [0.717, 1.165) is 13.3 Å². The molecule has 1 atom stereocenters. The van der Waals surface area contributed by atoms with E-state index in [1.165, 1.54) is 4.90 Å². The van der Waals surface area contributed by atoms with Gasteiger partial charge in [0.05, 0.1) is 24.8 Å². The molecule has 0 saturated heterocycles. The maximum atomic E-state index is 13.2.